The molecule has 2 aromatic carbocycles. The SMILES string of the molecule is CSc1cccc(SCC(O)(C=Cc2ccc(C#N)c(Cl)c2)C(F)(F)F)c1. The second kappa shape index (κ2) is 9.07. The van der Waals surface area contributed by atoms with Crippen molar-refractivity contribution in [3.63, 3.8) is 0 Å². The molecule has 0 aromatic heterocycles. The van der Waals surface area contributed by atoms with Crippen LogP contribution in [0.2, 0.25) is 5.02 Å². The van der Waals surface area contributed by atoms with Crippen LogP contribution >= 0.6 is 35.1 Å². The molecule has 0 radical (unpaired) electrons. The number of nitriles is 1. The first-order valence-corrected chi connectivity index (χ1v) is 10.2. The molecule has 2 aromatic rings. The minimum absolute atomic E-state index is 0.137. The van der Waals surface area contributed by atoms with Crippen LogP contribution in [0.25, 0.3) is 6.08 Å². The van der Waals surface area contributed by atoms with Gasteiger partial charge in [-0.25, -0.2) is 0 Å². The molecule has 0 aliphatic heterocycles. The fourth-order valence-corrected chi connectivity index (χ4v) is 3.87. The zero-order valence-corrected chi connectivity index (χ0v) is 16.5. The van der Waals surface area contributed by atoms with Gasteiger partial charge in [0.2, 0.25) is 0 Å². The predicted octanol–water partition coefficient (Wildman–Crippen LogP) is 6.03. The Morgan fingerprint density at radius 1 is 1.19 bits per heavy atom. The minimum atomic E-state index is -4.84. The zero-order valence-electron chi connectivity index (χ0n) is 14.1. The molecule has 0 amide bonds. The van der Waals surface area contributed by atoms with E-state index in [1.54, 1.807) is 18.2 Å². The standard InChI is InChI=1S/C19H15ClF3NOS2/c1-26-15-3-2-4-16(10-15)27-12-18(25,19(21,22)23)8-7-13-5-6-14(11-24)17(20)9-13/h2-10,25H,12H2,1H3. The van der Waals surface area contributed by atoms with Crippen molar-refractivity contribution in [2.75, 3.05) is 12.0 Å². The summed E-state index contributed by atoms with van der Waals surface area (Å²) < 4.78 is 40.4. The third-order valence-electron chi connectivity index (χ3n) is 3.66. The highest BCUT2D eigenvalue weighted by atomic mass is 35.5. The molecule has 0 fully saturated rings. The van der Waals surface area contributed by atoms with Crippen molar-refractivity contribution in [2.24, 2.45) is 0 Å². The quantitative estimate of drug-likeness (QED) is 0.569. The highest BCUT2D eigenvalue weighted by Crippen LogP contribution is 2.37. The smallest absolute Gasteiger partial charge is 0.376 e. The average molecular weight is 430 g/mol. The van der Waals surface area contributed by atoms with Crippen molar-refractivity contribution < 1.29 is 18.3 Å². The molecular formula is C19H15ClF3NOS2. The Labute approximate surface area is 169 Å². The van der Waals surface area contributed by atoms with Crippen LogP contribution in [-0.2, 0) is 0 Å². The van der Waals surface area contributed by atoms with Crippen LogP contribution in [0.4, 0.5) is 13.2 Å². The van der Waals surface area contributed by atoms with Crippen LogP contribution in [0.3, 0.4) is 0 Å². The lowest BCUT2D eigenvalue weighted by Gasteiger charge is -2.27. The van der Waals surface area contributed by atoms with E-state index in [1.807, 2.05) is 18.4 Å². The zero-order chi connectivity index (χ0) is 20.1. The summed E-state index contributed by atoms with van der Waals surface area (Å²) in [4.78, 5) is 1.57. The van der Waals surface area contributed by atoms with Crippen LogP contribution in [0, 0.1) is 11.3 Å². The van der Waals surface area contributed by atoms with E-state index < -0.39 is 17.5 Å². The van der Waals surface area contributed by atoms with Crippen molar-refractivity contribution in [3.05, 3.63) is 64.7 Å². The number of alkyl halides is 3. The summed E-state index contributed by atoms with van der Waals surface area (Å²) in [6.45, 7) is 0. The van der Waals surface area contributed by atoms with Gasteiger partial charge in [0.25, 0.3) is 0 Å². The number of hydrogen-bond acceptors (Lipinski definition) is 4. The monoisotopic (exact) mass is 429 g/mol. The Kier molecular flexibility index (Phi) is 7.29. The number of halogens is 4. The summed E-state index contributed by atoms with van der Waals surface area (Å²) in [5.41, 5.74) is -2.42. The molecule has 0 aliphatic rings. The molecule has 2 nitrogen and oxygen atoms in total. The van der Waals surface area contributed by atoms with Gasteiger partial charge in [-0.3, -0.25) is 0 Å². The molecule has 2 rings (SSSR count). The van der Waals surface area contributed by atoms with Crippen LogP contribution in [-0.4, -0.2) is 28.9 Å². The number of nitrogens with zero attached hydrogens (tertiary/aromatic N) is 1. The first kappa shape index (κ1) is 21.7. The molecule has 1 atom stereocenters. The van der Waals surface area contributed by atoms with Gasteiger partial charge in [-0.15, -0.1) is 23.5 Å². The Bertz CT molecular complexity index is 880. The summed E-state index contributed by atoms with van der Waals surface area (Å²) in [5, 5.41) is 19.2. The van der Waals surface area contributed by atoms with Gasteiger partial charge < -0.3 is 5.11 Å². The van der Waals surface area contributed by atoms with E-state index in [0.717, 1.165) is 28.8 Å². The minimum Gasteiger partial charge on any atom is -0.376 e. The van der Waals surface area contributed by atoms with Crippen molar-refractivity contribution >= 4 is 41.2 Å². The van der Waals surface area contributed by atoms with E-state index in [2.05, 4.69) is 0 Å². The fourth-order valence-electron chi connectivity index (χ4n) is 2.07. The van der Waals surface area contributed by atoms with E-state index in [9.17, 15) is 18.3 Å². The number of rotatable bonds is 6. The van der Waals surface area contributed by atoms with Gasteiger partial charge in [0.05, 0.1) is 10.6 Å². The normalized spacial score (nSPS) is 14.1. The van der Waals surface area contributed by atoms with Gasteiger partial charge in [-0.1, -0.05) is 29.8 Å². The topological polar surface area (TPSA) is 44.0 Å². The molecule has 142 valence electrons. The lowest BCUT2D eigenvalue weighted by atomic mass is 10.0. The van der Waals surface area contributed by atoms with E-state index in [4.69, 9.17) is 16.9 Å². The van der Waals surface area contributed by atoms with Crippen LogP contribution < -0.4 is 0 Å². The number of benzene rings is 2. The molecule has 0 saturated heterocycles. The van der Waals surface area contributed by atoms with Gasteiger partial charge in [0.15, 0.2) is 5.60 Å². The third kappa shape index (κ3) is 5.69. The Morgan fingerprint density at radius 2 is 1.89 bits per heavy atom. The van der Waals surface area contributed by atoms with E-state index in [1.165, 1.54) is 30.0 Å². The molecule has 0 spiro atoms. The van der Waals surface area contributed by atoms with Gasteiger partial charge in [-0.2, -0.15) is 18.4 Å². The number of aliphatic hydroxyl groups is 1. The lowest BCUT2D eigenvalue weighted by Crippen LogP contribution is -2.45. The van der Waals surface area contributed by atoms with Gasteiger partial charge >= 0.3 is 6.18 Å². The summed E-state index contributed by atoms with van der Waals surface area (Å²) in [6.07, 6.45) is -1.10. The van der Waals surface area contributed by atoms with Crippen molar-refractivity contribution in [1.82, 2.24) is 0 Å². The summed E-state index contributed by atoms with van der Waals surface area (Å²) >= 11 is 8.30. The molecule has 1 N–H and O–H groups in total. The highest BCUT2D eigenvalue weighted by Gasteiger charge is 2.51. The Morgan fingerprint density at radius 3 is 2.48 bits per heavy atom. The molecule has 1 unspecified atom stereocenters. The molecule has 8 heteroatoms. The molecule has 0 bridgehead atoms. The van der Waals surface area contributed by atoms with E-state index >= 15 is 0 Å². The van der Waals surface area contributed by atoms with E-state index in [0.29, 0.717) is 10.5 Å². The number of hydrogen-bond donors (Lipinski definition) is 1. The maximum atomic E-state index is 13.5. The molecule has 0 aliphatic carbocycles. The van der Waals surface area contributed by atoms with Crippen LogP contribution in [0.15, 0.2) is 58.3 Å². The molecule has 27 heavy (non-hydrogen) atoms. The predicted molar refractivity (Wildman–Crippen MR) is 105 cm³/mol. The first-order chi connectivity index (χ1) is 12.7. The second-order valence-electron chi connectivity index (χ2n) is 5.57. The van der Waals surface area contributed by atoms with Crippen molar-refractivity contribution in [1.29, 1.82) is 5.26 Å². The van der Waals surface area contributed by atoms with Gasteiger partial charge in [0.1, 0.15) is 6.07 Å². The molecule has 0 heterocycles. The fraction of sp³-hybridized carbons (Fsp3) is 0.211. The van der Waals surface area contributed by atoms with E-state index in [-0.39, 0.29) is 10.6 Å². The van der Waals surface area contributed by atoms with Crippen LogP contribution in [0.1, 0.15) is 11.1 Å². The Balaban J connectivity index is 2.23. The Hall–Kier alpha value is -1.59. The highest BCUT2D eigenvalue weighted by molar-refractivity contribution is 7.99. The largest absolute Gasteiger partial charge is 0.421 e. The maximum Gasteiger partial charge on any atom is 0.421 e. The summed E-state index contributed by atoms with van der Waals surface area (Å²) in [7, 11) is 0. The maximum absolute atomic E-state index is 13.5. The molecule has 0 saturated carbocycles. The summed E-state index contributed by atoms with van der Waals surface area (Å²) in [5.74, 6) is -0.588. The average Bonchev–Trinajstić information content (AvgIpc) is 2.64. The summed E-state index contributed by atoms with van der Waals surface area (Å²) in [6, 6.07) is 13.2. The number of thioether (sulfide) groups is 2. The molecular weight excluding hydrogens is 415 g/mol. The lowest BCUT2D eigenvalue weighted by molar-refractivity contribution is -0.230. The van der Waals surface area contributed by atoms with Gasteiger partial charge in [-0.05, 0) is 48.2 Å². The van der Waals surface area contributed by atoms with Crippen molar-refractivity contribution in [2.45, 2.75) is 21.6 Å². The van der Waals surface area contributed by atoms with Crippen molar-refractivity contribution in [3.8, 4) is 6.07 Å². The van der Waals surface area contributed by atoms with Crippen LogP contribution in [0.5, 0.6) is 0 Å². The second-order valence-corrected chi connectivity index (χ2v) is 7.91. The van der Waals surface area contributed by atoms with Gasteiger partial charge in [0, 0.05) is 15.5 Å². The first-order valence-electron chi connectivity index (χ1n) is 7.63. The third-order valence-corrected chi connectivity index (χ3v) is 5.87.